The Morgan fingerprint density at radius 2 is 1.13 bits per heavy atom. The maximum atomic E-state index is 6.71. The average molecular weight is 579 g/mol. The molecule has 9 aromatic rings. The lowest BCUT2D eigenvalue weighted by Gasteiger charge is -2.26. The standard InChI is InChI=1S/C41H26N2O2/c1-3-12-27(13-4-1)31-18-11-19-32(24-31)43(33-23-22-28-14-7-8-17-30(28)25-33)39-38-37(45-41(42-38)29-15-5-2-6-16-29)26-35-34-20-9-10-21-36(34)44-40(35)39/h1-26H. The molecular formula is C41H26N2O2. The maximum Gasteiger partial charge on any atom is 0.227 e. The third-order valence-electron chi connectivity index (χ3n) is 8.45. The molecule has 7 aromatic carbocycles. The van der Waals surface area contributed by atoms with Crippen molar-refractivity contribution in [3.63, 3.8) is 0 Å². The van der Waals surface area contributed by atoms with E-state index < -0.39 is 0 Å². The number of hydrogen-bond acceptors (Lipinski definition) is 4. The number of aromatic nitrogens is 1. The van der Waals surface area contributed by atoms with Gasteiger partial charge in [-0.2, -0.15) is 0 Å². The Morgan fingerprint density at radius 3 is 1.98 bits per heavy atom. The molecule has 0 N–H and O–H groups in total. The first-order valence-electron chi connectivity index (χ1n) is 15.0. The van der Waals surface area contributed by atoms with Gasteiger partial charge in [-0.05, 0) is 70.4 Å². The molecule has 2 heterocycles. The molecule has 45 heavy (non-hydrogen) atoms. The highest BCUT2D eigenvalue weighted by Gasteiger charge is 2.26. The second-order valence-electron chi connectivity index (χ2n) is 11.2. The first-order chi connectivity index (χ1) is 22.3. The molecule has 0 bridgehead atoms. The summed E-state index contributed by atoms with van der Waals surface area (Å²) in [6.07, 6.45) is 0. The van der Waals surface area contributed by atoms with Gasteiger partial charge < -0.3 is 13.7 Å². The maximum absolute atomic E-state index is 6.71. The summed E-state index contributed by atoms with van der Waals surface area (Å²) in [5, 5.41) is 4.34. The second-order valence-corrected chi connectivity index (χ2v) is 11.2. The van der Waals surface area contributed by atoms with Gasteiger partial charge in [0.05, 0.1) is 0 Å². The fraction of sp³-hybridized carbons (Fsp3) is 0. The number of fused-ring (bicyclic) bond motifs is 5. The van der Waals surface area contributed by atoms with E-state index >= 15 is 0 Å². The van der Waals surface area contributed by atoms with Crippen LogP contribution in [0.3, 0.4) is 0 Å². The van der Waals surface area contributed by atoms with Crippen molar-refractivity contribution in [3.8, 4) is 22.6 Å². The Bertz CT molecular complexity index is 2490. The van der Waals surface area contributed by atoms with Gasteiger partial charge >= 0.3 is 0 Å². The second kappa shape index (κ2) is 10.2. The highest BCUT2D eigenvalue weighted by molar-refractivity contribution is 6.18. The van der Waals surface area contributed by atoms with Crippen molar-refractivity contribution in [3.05, 3.63) is 158 Å². The Morgan fingerprint density at radius 1 is 0.444 bits per heavy atom. The van der Waals surface area contributed by atoms with Gasteiger partial charge in [0.25, 0.3) is 0 Å². The van der Waals surface area contributed by atoms with E-state index in [0.717, 1.165) is 66.6 Å². The Kier molecular flexibility index (Phi) is 5.78. The van der Waals surface area contributed by atoms with E-state index in [0.29, 0.717) is 11.5 Å². The third-order valence-corrected chi connectivity index (χ3v) is 8.45. The zero-order valence-corrected chi connectivity index (χ0v) is 24.2. The molecule has 0 aliphatic rings. The third kappa shape index (κ3) is 4.27. The summed E-state index contributed by atoms with van der Waals surface area (Å²) >= 11 is 0. The summed E-state index contributed by atoms with van der Waals surface area (Å²) in [5.74, 6) is 0.570. The Hall–Kier alpha value is -6.13. The number of nitrogens with zero attached hydrogens (tertiary/aromatic N) is 2. The number of furan rings is 1. The molecule has 212 valence electrons. The molecule has 0 unspecified atom stereocenters. The van der Waals surface area contributed by atoms with E-state index in [2.05, 4.69) is 108 Å². The lowest BCUT2D eigenvalue weighted by atomic mass is 10.0. The molecule has 0 amide bonds. The van der Waals surface area contributed by atoms with Crippen LogP contribution in [0.1, 0.15) is 0 Å². The number of rotatable bonds is 5. The van der Waals surface area contributed by atoms with Gasteiger partial charge in [-0.3, -0.25) is 0 Å². The normalized spacial score (nSPS) is 11.6. The van der Waals surface area contributed by atoms with Crippen molar-refractivity contribution in [1.29, 1.82) is 0 Å². The van der Waals surface area contributed by atoms with Crippen LogP contribution in [0.25, 0.3) is 66.4 Å². The lowest BCUT2D eigenvalue weighted by molar-refractivity contribution is 0.620. The van der Waals surface area contributed by atoms with Crippen molar-refractivity contribution in [1.82, 2.24) is 4.98 Å². The largest absolute Gasteiger partial charge is 0.454 e. The molecule has 0 aliphatic carbocycles. The van der Waals surface area contributed by atoms with E-state index in [-0.39, 0.29) is 0 Å². The minimum Gasteiger partial charge on any atom is -0.454 e. The number of hydrogen-bond donors (Lipinski definition) is 0. The van der Waals surface area contributed by atoms with E-state index in [9.17, 15) is 0 Å². The van der Waals surface area contributed by atoms with Gasteiger partial charge in [0.15, 0.2) is 11.2 Å². The SMILES string of the molecule is c1ccc(-c2cccc(N(c3ccc4ccccc4c3)c3c4nc(-c5ccccc5)oc4cc4c3oc3ccccc34)c2)cc1. The fourth-order valence-electron chi connectivity index (χ4n) is 6.31. The molecule has 0 saturated carbocycles. The summed E-state index contributed by atoms with van der Waals surface area (Å²) in [6.45, 7) is 0. The van der Waals surface area contributed by atoms with Crippen LogP contribution < -0.4 is 4.90 Å². The van der Waals surface area contributed by atoms with Crippen LogP contribution >= 0.6 is 0 Å². The van der Waals surface area contributed by atoms with E-state index in [1.807, 2.05) is 54.6 Å². The molecule has 0 saturated heterocycles. The minimum absolute atomic E-state index is 0.570. The van der Waals surface area contributed by atoms with Crippen LogP contribution in [0.4, 0.5) is 17.1 Å². The quantitative estimate of drug-likeness (QED) is 0.204. The molecule has 0 radical (unpaired) electrons. The molecule has 4 heteroatoms. The van der Waals surface area contributed by atoms with E-state index in [4.69, 9.17) is 13.8 Å². The lowest BCUT2D eigenvalue weighted by Crippen LogP contribution is -2.11. The molecule has 0 spiro atoms. The average Bonchev–Trinajstić information content (AvgIpc) is 3.71. The van der Waals surface area contributed by atoms with Crippen molar-refractivity contribution in [2.24, 2.45) is 0 Å². The highest BCUT2D eigenvalue weighted by Crippen LogP contribution is 2.47. The van der Waals surface area contributed by atoms with Crippen molar-refractivity contribution in [2.45, 2.75) is 0 Å². The molecule has 4 nitrogen and oxygen atoms in total. The summed E-state index contributed by atoms with van der Waals surface area (Å²) in [5.41, 5.74) is 9.04. The summed E-state index contributed by atoms with van der Waals surface area (Å²) < 4.78 is 13.2. The highest BCUT2D eigenvalue weighted by atomic mass is 16.4. The topological polar surface area (TPSA) is 42.4 Å². The van der Waals surface area contributed by atoms with Crippen molar-refractivity contribution < 1.29 is 8.83 Å². The van der Waals surface area contributed by atoms with Crippen LogP contribution in [-0.4, -0.2) is 4.98 Å². The molecule has 0 fully saturated rings. The minimum atomic E-state index is 0.570. The zero-order chi connectivity index (χ0) is 29.7. The van der Waals surface area contributed by atoms with E-state index in [1.165, 1.54) is 5.39 Å². The predicted octanol–water partition coefficient (Wildman–Crippen LogP) is 11.7. The van der Waals surface area contributed by atoms with Gasteiger partial charge in [0.2, 0.25) is 5.89 Å². The van der Waals surface area contributed by atoms with Gasteiger partial charge in [0, 0.05) is 27.7 Å². The van der Waals surface area contributed by atoms with Crippen molar-refractivity contribution in [2.75, 3.05) is 4.90 Å². The summed E-state index contributed by atoms with van der Waals surface area (Å²) in [6, 6.07) is 54.4. The zero-order valence-electron chi connectivity index (χ0n) is 24.2. The van der Waals surface area contributed by atoms with Gasteiger partial charge in [-0.15, -0.1) is 0 Å². The van der Waals surface area contributed by atoms with Crippen LogP contribution in [0, 0.1) is 0 Å². The number of benzene rings is 7. The number of anilines is 3. The first kappa shape index (κ1) is 25.4. The van der Waals surface area contributed by atoms with Crippen LogP contribution in [0.2, 0.25) is 0 Å². The van der Waals surface area contributed by atoms with Crippen LogP contribution in [-0.2, 0) is 0 Å². The number of para-hydroxylation sites is 1. The molecular weight excluding hydrogens is 552 g/mol. The van der Waals surface area contributed by atoms with Crippen LogP contribution in [0.5, 0.6) is 0 Å². The van der Waals surface area contributed by atoms with Crippen LogP contribution in [0.15, 0.2) is 167 Å². The smallest absolute Gasteiger partial charge is 0.227 e. The molecule has 9 rings (SSSR count). The molecule has 2 aromatic heterocycles. The van der Waals surface area contributed by atoms with E-state index in [1.54, 1.807) is 0 Å². The Balaban J connectivity index is 1.39. The monoisotopic (exact) mass is 578 g/mol. The Labute approximate surface area is 259 Å². The van der Waals surface area contributed by atoms with Gasteiger partial charge in [0.1, 0.15) is 16.8 Å². The van der Waals surface area contributed by atoms with Crippen molar-refractivity contribution >= 4 is 60.9 Å². The van der Waals surface area contributed by atoms with Gasteiger partial charge in [-0.1, -0.05) is 109 Å². The first-order valence-corrected chi connectivity index (χ1v) is 15.0. The fourth-order valence-corrected chi connectivity index (χ4v) is 6.31. The molecule has 0 atom stereocenters. The number of oxazole rings is 1. The van der Waals surface area contributed by atoms with Gasteiger partial charge in [-0.25, -0.2) is 4.98 Å². The summed E-state index contributed by atoms with van der Waals surface area (Å²) in [4.78, 5) is 7.42. The predicted molar refractivity (Wildman–Crippen MR) is 184 cm³/mol. The summed E-state index contributed by atoms with van der Waals surface area (Å²) in [7, 11) is 0. The molecule has 0 aliphatic heterocycles.